The fourth-order valence-electron chi connectivity index (χ4n) is 2.85. The zero-order chi connectivity index (χ0) is 18.0. The van der Waals surface area contributed by atoms with Gasteiger partial charge in [-0.2, -0.15) is 0 Å². The monoisotopic (exact) mass is 377 g/mol. The SMILES string of the molecule is CCOC(=S)SC(CCC(=O)C1CC1)N1C(=O)c2ccccc2C1=O. The second kappa shape index (κ2) is 7.66. The van der Waals surface area contributed by atoms with Crippen LogP contribution < -0.4 is 0 Å². The van der Waals surface area contributed by atoms with Crippen molar-refractivity contribution in [1.82, 2.24) is 4.90 Å². The summed E-state index contributed by atoms with van der Waals surface area (Å²) >= 11 is 6.34. The van der Waals surface area contributed by atoms with Crippen molar-refractivity contribution < 1.29 is 19.1 Å². The highest BCUT2D eigenvalue weighted by molar-refractivity contribution is 8.23. The summed E-state index contributed by atoms with van der Waals surface area (Å²) in [4.78, 5) is 38.7. The zero-order valence-corrected chi connectivity index (χ0v) is 15.5. The number of carbonyl (C=O) groups excluding carboxylic acids is 3. The molecule has 0 spiro atoms. The Bertz CT molecular complexity index is 695. The van der Waals surface area contributed by atoms with Crippen LogP contribution in [0.4, 0.5) is 0 Å². The molecule has 1 aromatic rings. The largest absolute Gasteiger partial charge is 0.479 e. The van der Waals surface area contributed by atoms with Gasteiger partial charge in [-0.25, -0.2) is 0 Å². The quantitative estimate of drug-likeness (QED) is 0.536. The Kier molecular flexibility index (Phi) is 5.54. The predicted octanol–water partition coefficient (Wildman–Crippen LogP) is 3.42. The van der Waals surface area contributed by atoms with Crippen molar-refractivity contribution in [2.45, 2.75) is 38.0 Å². The number of Topliss-reactive ketones (excluding diaryl/α,β-unsaturated/α-hetero) is 1. The number of ketones is 1. The second-order valence-electron chi connectivity index (χ2n) is 6.06. The number of ether oxygens (including phenoxy) is 1. The number of carbonyl (C=O) groups is 3. The molecule has 1 fully saturated rings. The van der Waals surface area contributed by atoms with Crippen LogP contribution in [0, 0.1) is 5.92 Å². The molecule has 1 unspecified atom stereocenters. The molecule has 0 aromatic heterocycles. The third-order valence-electron chi connectivity index (χ3n) is 4.28. The molecule has 7 heteroatoms. The van der Waals surface area contributed by atoms with Gasteiger partial charge in [-0.3, -0.25) is 19.3 Å². The summed E-state index contributed by atoms with van der Waals surface area (Å²) in [7, 11) is 0. The summed E-state index contributed by atoms with van der Waals surface area (Å²) in [6.07, 6.45) is 2.62. The maximum atomic E-state index is 12.7. The maximum Gasteiger partial charge on any atom is 0.262 e. The van der Waals surface area contributed by atoms with E-state index in [1.165, 1.54) is 4.90 Å². The third-order valence-corrected chi connectivity index (χ3v) is 5.71. The van der Waals surface area contributed by atoms with Gasteiger partial charge in [0.15, 0.2) is 0 Å². The number of thiocarbonyl (C=S) groups is 1. The summed E-state index contributed by atoms with van der Waals surface area (Å²) in [5.41, 5.74) is 0.794. The summed E-state index contributed by atoms with van der Waals surface area (Å²) < 4.78 is 5.59. The molecule has 1 saturated carbocycles. The Balaban J connectivity index is 1.78. The molecular weight excluding hydrogens is 358 g/mol. The van der Waals surface area contributed by atoms with Gasteiger partial charge >= 0.3 is 0 Å². The first-order chi connectivity index (χ1) is 12.0. The number of hydrogen-bond acceptors (Lipinski definition) is 6. The first kappa shape index (κ1) is 18.1. The Labute approximate surface area is 156 Å². The van der Waals surface area contributed by atoms with E-state index >= 15 is 0 Å². The zero-order valence-electron chi connectivity index (χ0n) is 13.9. The molecule has 5 nitrogen and oxygen atoms in total. The van der Waals surface area contributed by atoms with Gasteiger partial charge in [-0.05, 0) is 50.5 Å². The van der Waals surface area contributed by atoms with Crippen molar-refractivity contribution in [2.75, 3.05) is 6.61 Å². The van der Waals surface area contributed by atoms with Crippen LogP contribution in [0.25, 0.3) is 0 Å². The normalized spacial score (nSPS) is 17.4. The highest BCUT2D eigenvalue weighted by atomic mass is 32.2. The highest BCUT2D eigenvalue weighted by Crippen LogP contribution is 2.35. The first-order valence-electron chi connectivity index (χ1n) is 8.36. The maximum absolute atomic E-state index is 12.7. The topological polar surface area (TPSA) is 63.7 Å². The third kappa shape index (κ3) is 3.93. The molecule has 0 saturated heterocycles. The molecule has 1 heterocycles. The van der Waals surface area contributed by atoms with E-state index < -0.39 is 5.37 Å². The van der Waals surface area contributed by atoms with Gasteiger partial charge in [0.2, 0.25) is 4.38 Å². The van der Waals surface area contributed by atoms with Crippen molar-refractivity contribution >= 4 is 46.0 Å². The van der Waals surface area contributed by atoms with Crippen LogP contribution in [0.1, 0.15) is 53.3 Å². The van der Waals surface area contributed by atoms with Crippen LogP contribution in [-0.2, 0) is 9.53 Å². The minimum Gasteiger partial charge on any atom is -0.479 e. The number of amides is 2. The van der Waals surface area contributed by atoms with Gasteiger partial charge in [0.1, 0.15) is 5.78 Å². The molecule has 132 valence electrons. The number of rotatable bonds is 7. The van der Waals surface area contributed by atoms with Crippen LogP contribution in [0.3, 0.4) is 0 Å². The van der Waals surface area contributed by atoms with E-state index in [0.717, 1.165) is 24.6 Å². The van der Waals surface area contributed by atoms with Crippen molar-refractivity contribution in [1.29, 1.82) is 0 Å². The van der Waals surface area contributed by atoms with Crippen molar-refractivity contribution in [3.05, 3.63) is 35.4 Å². The predicted molar refractivity (Wildman–Crippen MR) is 99.5 cm³/mol. The fraction of sp³-hybridized carbons (Fsp3) is 0.444. The number of nitrogens with zero attached hydrogens (tertiary/aromatic N) is 1. The second-order valence-corrected chi connectivity index (χ2v) is 7.84. The van der Waals surface area contributed by atoms with E-state index in [4.69, 9.17) is 17.0 Å². The van der Waals surface area contributed by atoms with E-state index in [-0.39, 0.29) is 27.9 Å². The molecule has 0 bridgehead atoms. The molecule has 0 N–H and O–H groups in total. The lowest BCUT2D eigenvalue weighted by molar-refractivity contribution is -0.120. The van der Waals surface area contributed by atoms with E-state index in [9.17, 15) is 14.4 Å². The van der Waals surface area contributed by atoms with Crippen LogP contribution in [-0.4, -0.2) is 38.9 Å². The minimum atomic E-state index is -0.533. The number of imide groups is 1. The standard InChI is InChI=1S/C18H19NO4S2/c1-2-23-18(24)25-15(10-9-14(20)11-7-8-11)19-16(21)12-5-3-4-6-13(12)17(19)22/h3-6,11,15H,2,7-10H2,1H3. The van der Waals surface area contributed by atoms with Crippen molar-refractivity contribution in [3.8, 4) is 0 Å². The van der Waals surface area contributed by atoms with E-state index in [0.29, 0.717) is 30.6 Å². The molecule has 1 aromatic carbocycles. The number of thioether (sulfide) groups is 1. The van der Waals surface area contributed by atoms with Gasteiger partial charge in [-0.1, -0.05) is 23.9 Å². The number of benzene rings is 1. The molecule has 1 aliphatic heterocycles. The van der Waals surface area contributed by atoms with Crippen LogP contribution in [0.5, 0.6) is 0 Å². The van der Waals surface area contributed by atoms with Crippen LogP contribution in [0.2, 0.25) is 0 Å². The Hall–Kier alpha value is -1.73. The number of hydrogen-bond donors (Lipinski definition) is 0. The Morgan fingerprint density at radius 1 is 1.28 bits per heavy atom. The summed E-state index contributed by atoms with van der Waals surface area (Å²) in [5.74, 6) is -0.316. The van der Waals surface area contributed by atoms with Crippen molar-refractivity contribution in [2.24, 2.45) is 5.92 Å². The van der Waals surface area contributed by atoms with E-state index in [1.54, 1.807) is 24.3 Å². The minimum absolute atomic E-state index is 0.159. The first-order valence-corrected chi connectivity index (χ1v) is 9.64. The molecule has 2 amide bonds. The average molecular weight is 377 g/mol. The van der Waals surface area contributed by atoms with E-state index in [1.807, 2.05) is 6.92 Å². The highest BCUT2D eigenvalue weighted by Gasteiger charge is 2.41. The Morgan fingerprint density at radius 3 is 2.40 bits per heavy atom. The van der Waals surface area contributed by atoms with Gasteiger partial charge < -0.3 is 4.74 Å². The van der Waals surface area contributed by atoms with Crippen molar-refractivity contribution in [3.63, 3.8) is 0 Å². The molecule has 2 aliphatic rings. The summed E-state index contributed by atoms with van der Waals surface area (Å²) in [6, 6.07) is 6.76. The van der Waals surface area contributed by atoms with Gasteiger partial charge in [-0.15, -0.1) is 0 Å². The molecule has 25 heavy (non-hydrogen) atoms. The smallest absolute Gasteiger partial charge is 0.262 e. The summed E-state index contributed by atoms with van der Waals surface area (Å²) in [5, 5.41) is -0.533. The molecule has 1 atom stereocenters. The lowest BCUT2D eigenvalue weighted by Gasteiger charge is -2.25. The molecular formula is C18H19NO4S2. The van der Waals surface area contributed by atoms with Crippen LogP contribution >= 0.6 is 24.0 Å². The van der Waals surface area contributed by atoms with Gasteiger partial charge in [0.25, 0.3) is 11.8 Å². The number of fused-ring (bicyclic) bond motifs is 1. The fourth-order valence-corrected chi connectivity index (χ4v) is 4.24. The van der Waals surface area contributed by atoms with Gasteiger partial charge in [0, 0.05) is 12.3 Å². The lowest BCUT2D eigenvalue weighted by atomic mass is 10.1. The average Bonchev–Trinajstić information content (AvgIpc) is 3.41. The summed E-state index contributed by atoms with van der Waals surface area (Å²) in [6.45, 7) is 2.24. The lowest BCUT2D eigenvalue weighted by Crippen LogP contribution is -2.39. The Morgan fingerprint density at radius 2 is 1.88 bits per heavy atom. The van der Waals surface area contributed by atoms with Gasteiger partial charge in [0.05, 0.1) is 23.1 Å². The molecule has 3 rings (SSSR count). The van der Waals surface area contributed by atoms with E-state index in [2.05, 4.69) is 0 Å². The molecule has 0 radical (unpaired) electrons. The molecule has 1 aliphatic carbocycles. The van der Waals surface area contributed by atoms with Crippen LogP contribution in [0.15, 0.2) is 24.3 Å².